The van der Waals surface area contributed by atoms with E-state index >= 15 is 0 Å². The summed E-state index contributed by atoms with van der Waals surface area (Å²) in [6, 6.07) is 10.1. The average molecular weight is 185 g/mol. The van der Waals surface area contributed by atoms with E-state index in [1.807, 2.05) is 18.2 Å². The lowest BCUT2D eigenvalue weighted by atomic mass is 9.97. The van der Waals surface area contributed by atoms with Gasteiger partial charge in [-0.05, 0) is 24.4 Å². The number of hydrogen-bond donors (Lipinski definition) is 0. The van der Waals surface area contributed by atoms with Crippen molar-refractivity contribution in [2.24, 2.45) is 0 Å². The van der Waals surface area contributed by atoms with Gasteiger partial charge in [0.05, 0.1) is 6.04 Å². The minimum atomic E-state index is -0.111. The molecule has 2 nitrogen and oxygen atoms in total. The Kier molecular flexibility index (Phi) is 2.68. The topological polar surface area (TPSA) is 20.3 Å². The van der Waals surface area contributed by atoms with Crippen molar-refractivity contribution in [3.05, 3.63) is 35.9 Å². The molecule has 2 radical (unpaired) electrons. The van der Waals surface area contributed by atoms with Crippen molar-refractivity contribution in [3.8, 4) is 0 Å². The highest BCUT2D eigenvalue weighted by Gasteiger charge is 2.29. The number of hydrogen-bond acceptors (Lipinski definition) is 2. The Morgan fingerprint density at radius 2 is 2.07 bits per heavy atom. The van der Waals surface area contributed by atoms with Crippen molar-refractivity contribution in [1.29, 1.82) is 0 Å². The Bertz CT molecular complexity index is 314. The first-order valence-corrected chi connectivity index (χ1v) is 4.83. The fourth-order valence-electron chi connectivity index (χ4n) is 1.99. The largest absolute Gasteiger partial charge is 0.345 e. The summed E-state index contributed by atoms with van der Waals surface area (Å²) in [5.74, 6) is 0.399. The van der Waals surface area contributed by atoms with Gasteiger partial charge in [0.25, 0.3) is 0 Å². The molecule has 3 heteroatoms. The zero-order valence-electron chi connectivity index (χ0n) is 7.97. The molecule has 70 valence electrons. The normalized spacial score (nSPS) is 27.7. The Morgan fingerprint density at radius 1 is 1.36 bits per heavy atom. The molecule has 0 bridgehead atoms. The molecule has 1 aromatic carbocycles. The van der Waals surface area contributed by atoms with Gasteiger partial charge in [-0.3, -0.25) is 0 Å². The molecule has 0 N–H and O–H groups in total. The van der Waals surface area contributed by atoms with Crippen molar-refractivity contribution in [1.82, 2.24) is 4.81 Å². The Morgan fingerprint density at radius 3 is 2.64 bits per heavy atom. The van der Waals surface area contributed by atoms with Crippen molar-refractivity contribution >= 4 is 14.3 Å². The minimum Gasteiger partial charge on any atom is -0.345 e. The van der Waals surface area contributed by atoms with Crippen molar-refractivity contribution in [2.75, 3.05) is 6.54 Å². The first kappa shape index (κ1) is 9.47. The molecule has 1 heterocycles. The van der Waals surface area contributed by atoms with Crippen LogP contribution >= 0.6 is 0 Å². The monoisotopic (exact) mass is 185 g/mol. The minimum absolute atomic E-state index is 0.111. The van der Waals surface area contributed by atoms with Gasteiger partial charge in [0.2, 0.25) is 0 Å². The molecule has 0 unspecified atom stereocenters. The summed E-state index contributed by atoms with van der Waals surface area (Å²) < 4.78 is 0. The summed E-state index contributed by atoms with van der Waals surface area (Å²) in [6.45, 7) is 0.771. The highest BCUT2D eigenvalue weighted by atomic mass is 16.1. The zero-order valence-corrected chi connectivity index (χ0v) is 7.97. The molecule has 1 aliphatic heterocycles. The quantitative estimate of drug-likeness (QED) is 0.508. The van der Waals surface area contributed by atoms with Crippen LogP contribution in [0.2, 0.25) is 0 Å². The van der Waals surface area contributed by atoms with E-state index in [2.05, 4.69) is 12.1 Å². The number of carbonyl (C=O) groups excluding carboxylic acids is 1. The average Bonchev–Trinajstić information content (AvgIpc) is 2.61. The molecule has 1 saturated heterocycles. The first-order chi connectivity index (χ1) is 6.81. The van der Waals surface area contributed by atoms with E-state index in [-0.39, 0.29) is 6.04 Å². The SMILES string of the molecule is [B]N1C[C@H](c2ccccc2)C[C@H]1C=O. The maximum atomic E-state index is 10.7. The third kappa shape index (κ3) is 1.73. The summed E-state index contributed by atoms with van der Waals surface area (Å²) in [5, 5.41) is 0. The predicted octanol–water partition coefficient (Wildman–Crippen LogP) is 1.13. The first-order valence-electron chi connectivity index (χ1n) is 4.83. The molecule has 0 spiro atoms. The number of carbonyl (C=O) groups is 1. The summed E-state index contributed by atoms with van der Waals surface area (Å²) in [4.78, 5) is 12.3. The standard InChI is InChI=1S/C11H12BNO/c12-13-7-10(6-11(13)8-14)9-4-2-1-3-5-9/h1-5,8,10-11H,6-7H2/t10-,11+/m1/s1. The van der Waals surface area contributed by atoms with Crippen molar-refractivity contribution in [3.63, 3.8) is 0 Å². The van der Waals surface area contributed by atoms with Crippen LogP contribution in [0.25, 0.3) is 0 Å². The lowest BCUT2D eigenvalue weighted by Gasteiger charge is -2.12. The van der Waals surface area contributed by atoms with Gasteiger partial charge < -0.3 is 9.61 Å². The molecule has 0 aliphatic carbocycles. The number of nitrogens with zero attached hydrogens (tertiary/aromatic N) is 1. The van der Waals surface area contributed by atoms with E-state index in [0.29, 0.717) is 5.92 Å². The maximum absolute atomic E-state index is 10.7. The molecule has 2 rings (SSSR count). The summed E-state index contributed by atoms with van der Waals surface area (Å²) in [5.41, 5.74) is 1.27. The van der Waals surface area contributed by atoms with Gasteiger partial charge in [-0.1, -0.05) is 30.3 Å². The van der Waals surface area contributed by atoms with Gasteiger partial charge in [0.1, 0.15) is 6.29 Å². The van der Waals surface area contributed by atoms with Crippen LogP contribution in [0, 0.1) is 0 Å². The fourth-order valence-corrected chi connectivity index (χ4v) is 1.99. The molecular weight excluding hydrogens is 173 g/mol. The summed E-state index contributed by atoms with van der Waals surface area (Å²) >= 11 is 0. The molecule has 0 amide bonds. The van der Waals surface area contributed by atoms with Gasteiger partial charge >= 0.3 is 0 Å². The zero-order chi connectivity index (χ0) is 9.97. The second-order valence-electron chi connectivity index (χ2n) is 3.74. The Hall–Kier alpha value is -1.09. The van der Waals surface area contributed by atoms with Crippen LogP contribution in [0.1, 0.15) is 17.9 Å². The van der Waals surface area contributed by atoms with Crippen LogP contribution in [0.15, 0.2) is 30.3 Å². The molecule has 0 aromatic heterocycles. The van der Waals surface area contributed by atoms with Crippen LogP contribution in [0.5, 0.6) is 0 Å². The van der Waals surface area contributed by atoms with Gasteiger partial charge in [-0.25, -0.2) is 0 Å². The molecule has 2 atom stereocenters. The molecule has 14 heavy (non-hydrogen) atoms. The van der Waals surface area contributed by atoms with E-state index in [1.165, 1.54) is 5.56 Å². The number of rotatable bonds is 2. The highest BCUT2D eigenvalue weighted by Crippen LogP contribution is 2.29. The van der Waals surface area contributed by atoms with Gasteiger partial charge in [0, 0.05) is 0 Å². The van der Waals surface area contributed by atoms with Crippen LogP contribution in [-0.2, 0) is 4.79 Å². The fraction of sp³-hybridized carbons (Fsp3) is 0.364. The van der Waals surface area contributed by atoms with Crippen LogP contribution < -0.4 is 0 Å². The van der Waals surface area contributed by atoms with Gasteiger partial charge in [-0.15, -0.1) is 0 Å². The number of aldehydes is 1. The summed E-state index contributed by atoms with van der Waals surface area (Å²) in [6.07, 6.45) is 1.77. The molecule has 0 saturated carbocycles. The third-order valence-electron chi connectivity index (χ3n) is 2.81. The van der Waals surface area contributed by atoms with E-state index in [4.69, 9.17) is 7.98 Å². The molecular formula is C11H12BNO. The van der Waals surface area contributed by atoms with Crippen LogP contribution in [-0.4, -0.2) is 31.7 Å². The van der Waals surface area contributed by atoms with Crippen LogP contribution in [0.4, 0.5) is 0 Å². The van der Waals surface area contributed by atoms with E-state index < -0.39 is 0 Å². The lowest BCUT2D eigenvalue weighted by Crippen LogP contribution is -2.27. The Labute approximate surface area is 85.3 Å². The van der Waals surface area contributed by atoms with E-state index in [9.17, 15) is 4.79 Å². The smallest absolute Gasteiger partial charge is 0.183 e. The van der Waals surface area contributed by atoms with E-state index in [0.717, 1.165) is 19.3 Å². The Balaban J connectivity index is 2.12. The second-order valence-corrected chi connectivity index (χ2v) is 3.74. The predicted molar refractivity (Wildman–Crippen MR) is 56.1 cm³/mol. The summed E-state index contributed by atoms with van der Waals surface area (Å²) in [7, 11) is 5.72. The maximum Gasteiger partial charge on any atom is 0.183 e. The number of benzene rings is 1. The third-order valence-corrected chi connectivity index (χ3v) is 2.81. The van der Waals surface area contributed by atoms with Crippen molar-refractivity contribution in [2.45, 2.75) is 18.4 Å². The molecule has 1 fully saturated rings. The second kappa shape index (κ2) is 3.97. The molecule has 1 aliphatic rings. The molecule has 1 aromatic rings. The van der Waals surface area contributed by atoms with Gasteiger partial charge in [-0.2, -0.15) is 0 Å². The lowest BCUT2D eigenvalue weighted by molar-refractivity contribution is -0.110. The highest BCUT2D eigenvalue weighted by molar-refractivity contribution is 6.06. The van der Waals surface area contributed by atoms with Crippen LogP contribution in [0.3, 0.4) is 0 Å². The van der Waals surface area contributed by atoms with Gasteiger partial charge in [0.15, 0.2) is 7.98 Å². The van der Waals surface area contributed by atoms with E-state index in [1.54, 1.807) is 4.81 Å². The van der Waals surface area contributed by atoms with Crippen molar-refractivity contribution < 1.29 is 4.79 Å².